The van der Waals surface area contributed by atoms with Crippen molar-refractivity contribution in [1.82, 2.24) is 10.2 Å². The fourth-order valence-corrected chi connectivity index (χ4v) is 3.09. The first-order valence-electron chi connectivity index (χ1n) is 7.90. The summed E-state index contributed by atoms with van der Waals surface area (Å²) in [5.41, 5.74) is 1.92. The van der Waals surface area contributed by atoms with Crippen molar-refractivity contribution in [1.29, 1.82) is 0 Å². The number of rotatable bonds is 6. The summed E-state index contributed by atoms with van der Waals surface area (Å²) < 4.78 is 10.8. The Labute approximate surface area is 154 Å². The Kier molecular flexibility index (Phi) is 5.22. The van der Waals surface area contributed by atoms with E-state index in [4.69, 9.17) is 8.83 Å². The number of anilines is 1. The van der Waals surface area contributed by atoms with Gasteiger partial charge in [0.25, 0.3) is 11.1 Å². The normalized spacial score (nSPS) is 12.0. The number of furan rings is 1. The molecule has 0 saturated heterocycles. The SMILES string of the molecule is CC(=O)Nc1ccc(C(=O)C(C)Sc2nnc(-c3ccoc3C)o2)cc1. The van der Waals surface area contributed by atoms with Gasteiger partial charge in [-0.1, -0.05) is 11.8 Å². The van der Waals surface area contributed by atoms with Crippen molar-refractivity contribution in [3.8, 4) is 11.5 Å². The zero-order valence-electron chi connectivity index (χ0n) is 14.5. The summed E-state index contributed by atoms with van der Waals surface area (Å²) in [4.78, 5) is 23.6. The van der Waals surface area contributed by atoms with E-state index in [1.165, 1.54) is 18.7 Å². The van der Waals surface area contributed by atoms with E-state index >= 15 is 0 Å². The van der Waals surface area contributed by atoms with Gasteiger partial charge in [-0.3, -0.25) is 9.59 Å². The lowest BCUT2D eigenvalue weighted by atomic mass is 10.1. The van der Waals surface area contributed by atoms with Gasteiger partial charge in [0, 0.05) is 18.2 Å². The van der Waals surface area contributed by atoms with Crippen LogP contribution in [-0.2, 0) is 4.79 Å². The summed E-state index contributed by atoms with van der Waals surface area (Å²) in [6.07, 6.45) is 1.55. The van der Waals surface area contributed by atoms with Crippen LogP contribution >= 0.6 is 11.8 Å². The molecule has 1 aromatic carbocycles. The minimum absolute atomic E-state index is 0.0661. The minimum atomic E-state index is -0.402. The topological polar surface area (TPSA) is 98.2 Å². The Morgan fingerprint density at radius 2 is 1.88 bits per heavy atom. The number of aryl methyl sites for hydroxylation is 1. The van der Waals surface area contributed by atoms with Gasteiger partial charge in [-0.05, 0) is 44.2 Å². The van der Waals surface area contributed by atoms with Crippen molar-refractivity contribution in [2.75, 3.05) is 5.32 Å². The van der Waals surface area contributed by atoms with Crippen LogP contribution in [0.3, 0.4) is 0 Å². The van der Waals surface area contributed by atoms with E-state index in [2.05, 4.69) is 15.5 Å². The third kappa shape index (κ3) is 4.02. The van der Waals surface area contributed by atoms with Crippen LogP contribution in [-0.4, -0.2) is 27.1 Å². The van der Waals surface area contributed by atoms with Crippen molar-refractivity contribution in [2.45, 2.75) is 31.2 Å². The number of nitrogens with zero attached hydrogens (tertiary/aromatic N) is 2. The van der Waals surface area contributed by atoms with Crippen LogP contribution in [0.25, 0.3) is 11.5 Å². The highest BCUT2D eigenvalue weighted by Gasteiger charge is 2.21. The highest BCUT2D eigenvalue weighted by molar-refractivity contribution is 8.00. The van der Waals surface area contributed by atoms with Crippen molar-refractivity contribution >= 4 is 29.1 Å². The second-order valence-electron chi connectivity index (χ2n) is 5.65. The molecule has 0 radical (unpaired) electrons. The Morgan fingerprint density at radius 3 is 2.50 bits per heavy atom. The van der Waals surface area contributed by atoms with Gasteiger partial charge in [-0.2, -0.15) is 0 Å². The highest BCUT2D eigenvalue weighted by atomic mass is 32.2. The van der Waals surface area contributed by atoms with E-state index in [-0.39, 0.29) is 11.7 Å². The predicted octanol–water partition coefficient (Wildman–Crippen LogP) is 3.96. The average Bonchev–Trinajstić information content (AvgIpc) is 3.23. The molecule has 1 amide bonds. The Bertz CT molecular complexity index is 930. The van der Waals surface area contributed by atoms with E-state index in [0.717, 1.165) is 5.56 Å². The number of amides is 1. The Balaban J connectivity index is 1.67. The lowest BCUT2D eigenvalue weighted by Gasteiger charge is -2.08. The molecule has 3 aromatic rings. The lowest BCUT2D eigenvalue weighted by Crippen LogP contribution is -2.13. The van der Waals surface area contributed by atoms with Crippen LogP contribution < -0.4 is 5.32 Å². The number of benzene rings is 1. The van der Waals surface area contributed by atoms with E-state index in [1.54, 1.807) is 43.5 Å². The predicted molar refractivity (Wildman–Crippen MR) is 97.1 cm³/mol. The van der Waals surface area contributed by atoms with Gasteiger partial charge in [-0.15, -0.1) is 10.2 Å². The number of carbonyl (C=O) groups excluding carboxylic acids is 2. The molecule has 134 valence electrons. The number of hydrogen-bond acceptors (Lipinski definition) is 7. The zero-order valence-corrected chi connectivity index (χ0v) is 15.3. The van der Waals surface area contributed by atoms with Crippen molar-refractivity contribution in [3.05, 3.63) is 47.9 Å². The molecule has 1 N–H and O–H groups in total. The van der Waals surface area contributed by atoms with Gasteiger partial charge in [0.15, 0.2) is 5.78 Å². The number of thioether (sulfide) groups is 1. The van der Waals surface area contributed by atoms with Gasteiger partial charge in [-0.25, -0.2) is 0 Å². The van der Waals surface area contributed by atoms with E-state index < -0.39 is 5.25 Å². The van der Waals surface area contributed by atoms with Crippen molar-refractivity contribution in [2.24, 2.45) is 0 Å². The molecule has 0 spiro atoms. The fraction of sp³-hybridized carbons (Fsp3) is 0.222. The first-order chi connectivity index (χ1) is 12.4. The zero-order chi connectivity index (χ0) is 18.7. The third-order valence-electron chi connectivity index (χ3n) is 3.63. The summed E-state index contributed by atoms with van der Waals surface area (Å²) in [5.74, 6) is 0.823. The smallest absolute Gasteiger partial charge is 0.277 e. The molecular weight excluding hydrogens is 354 g/mol. The maximum Gasteiger partial charge on any atom is 0.277 e. The molecule has 3 rings (SSSR count). The standard InChI is InChI=1S/C18H17N3O4S/c1-10-15(8-9-24-10)17-20-21-18(25-17)26-11(2)16(23)13-4-6-14(7-5-13)19-12(3)22/h4-9,11H,1-3H3,(H,19,22). The molecule has 0 aliphatic carbocycles. The molecular formula is C18H17N3O4S. The van der Waals surface area contributed by atoms with E-state index in [0.29, 0.717) is 28.1 Å². The summed E-state index contributed by atoms with van der Waals surface area (Å²) in [6, 6.07) is 8.50. The Morgan fingerprint density at radius 1 is 1.15 bits per heavy atom. The lowest BCUT2D eigenvalue weighted by molar-refractivity contribution is -0.114. The molecule has 26 heavy (non-hydrogen) atoms. The number of Topliss-reactive ketones (excluding diaryl/α,β-unsaturated/α-hetero) is 1. The van der Waals surface area contributed by atoms with E-state index in [9.17, 15) is 9.59 Å². The Hall–Kier alpha value is -2.87. The van der Waals surface area contributed by atoms with Crippen LogP contribution in [0, 0.1) is 6.92 Å². The maximum absolute atomic E-state index is 12.6. The van der Waals surface area contributed by atoms with Gasteiger partial charge >= 0.3 is 0 Å². The second kappa shape index (κ2) is 7.57. The molecule has 0 saturated carbocycles. The quantitative estimate of drug-likeness (QED) is 0.517. The molecule has 7 nitrogen and oxygen atoms in total. The summed E-state index contributed by atoms with van der Waals surface area (Å²) >= 11 is 1.20. The fourth-order valence-electron chi connectivity index (χ4n) is 2.33. The first-order valence-corrected chi connectivity index (χ1v) is 8.78. The number of ketones is 1. The molecule has 0 aliphatic heterocycles. The summed E-state index contributed by atoms with van der Waals surface area (Å²) in [5, 5.41) is 10.6. The van der Waals surface area contributed by atoms with Gasteiger partial charge in [0.2, 0.25) is 5.91 Å². The van der Waals surface area contributed by atoms with Gasteiger partial charge in [0.1, 0.15) is 5.76 Å². The number of nitrogens with one attached hydrogen (secondary N) is 1. The molecule has 8 heteroatoms. The molecule has 0 bridgehead atoms. The second-order valence-corrected chi connectivity index (χ2v) is 6.94. The monoisotopic (exact) mass is 371 g/mol. The molecule has 0 aliphatic rings. The van der Waals surface area contributed by atoms with Crippen LogP contribution in [0.4, 0.5) is 5.69 Å². The minimum Gasteiger partial charge on any atom is -0.469 e. The van der Waals surface area contributed by atoms with Crippen LogP contribution in [0.5, 0.6) is 0 Å². The van der Waals surface area contributed by atoms with Crippen LogP contribution in [0.15, 0.2) is 50.7 Å². The highest BCUT2D eigenvalue weighted by Crippen LogP contribution is 2.29. The van der Waals surface area contributed by atoms with Crippen molar-refractivity contribution in [3.63, 3.8) is 0 Å². The largest absolute Gasteiger partial charge is 0.469 e. The average molecular weight is 371 g/mol. The summed E-state index contributed by atoms with van der Waals surface area (Å²) in [6.45, 7) is 5.02. The number of carbonyl (C=O) groups is 2. The maximum atomic E-state index is 12.6. The number of hydrogen-bond donors (Lipinski definition) is 1. The van der Waals surface area contributed by atoms with Gasteiger partial charge < -0.3 is 14.2 Å². The first kappa shape index (κ1) is 17.9. The molecule has 0 fully saturated rings. The third-order valence-corrected chi connectivity index (χ3v) is 4.57. The van der Waals surface area contributed by atoms with Crippen LogP contribution in [0.2, 0.25) is 0 Å². The molecule has 2 aromatic heterocycles. The van der Waals surface area contributed by atoms with Gasteiger partial charge in [0.05, 0.1) is 17.1 Å². The number of aromatic nitrogens is 2. The van der Waals surface area contributed by atoms with Crippen LogP contribution in [0.1, 0.15) is 30.0 Å². The molecule has 1 atom stereocenters. The molecule has 2 heterocycles. The summed E-state index contributed by atoms with van der Waals surface area (Å²) in [7, 11) is 0. The van der Waals surface area contributed by atoms with E-state index in [1.807, 2.05) is 6.92 Å². The van der Waals surface area contributed by atoms with Crippen molar-refractivity contribution < 1.29 is 18.4 Å². The molecule has 1 unspecified atom stereocenters.